The lowest BCUT2D eigenvalue weighted by atomic mass is 10.1. The minimum atomic E-state index is -0.664. The maximum Gasteiger partial charge on any atom is 0.417 e. The van der Waals surface area contributed by atoms with E-state index < -0.39 is 17.8 Å². The fourth-order valence-corrected chi connectivity index (χ4v) is 3.09. The zero-order valence-corrected chi connectivity index (χ0v) is 19.2. The van der Waals surface area contributed by atoms with Crippen molar-refractivity contribution in [2.75, 3.05) is 26.8 Å². The normalized spacial score (nSPS) is 16.0. The molecule has 1 aromatic carbocycles. The monoisotopic (exact) mass is 434 g/mol. The molecule has 1 saturated heterocycles. The molecule has 0 radical (unpaired) electrons. The molecule has 31 heavy (non-hydrogen) atoms. The van der Waals surface area contributed by atoms with Crippen LogP contribution in [0.5, 0.6) is 0 Å². The lowest BCUT2D eigenvalue weighted by Gasteiger charge is -2.25. The van der Waals surface area contributed by atoms with Crippen LogP contribution in [0, 0.1) is 6.92 Å². The van der Waals surface area contributed by atoms with Gasteiger partial charge in [0.1, 0.15) is 11.7 Å². The van der Waals surface area contributed by atoms with Gasteiger partial charge >= 0.3 is 12.2 Å². The molecule has 1 aromatic rings. The summed E-state index contributed by atoms with van der Waals surface area (Å²) in [5.74, 6) is -0.344. The highest BCUT2D eigenvalue weighted by Gasteiger charge is 2.28. The maximum atomic E-state index is 12.9. The highest BCUT2D eigenvalue weighted by Crippen LogP contribution is 2.15. The van der Waals surface area contributed by atoms with Gasteiger partial charge in [-0.15, -0.1) is 0 Å². The van der Waals surface area contributed by atoms with Gasteiger partial charge in [0.25, 0.3) is 0 Å². The first-order valence-corrected chi connectivity index (χ1v) is 10.6. The molecule has 1 unspecified atom stereocenters. The van der Waals surface area contributed by atoms with E-state index >= 15 is 0 Å². The number of carbonyl (C=O) groups is 3. The molecule has 0 aliphatic carbocycles. The Kier molecular flexibility index (Phi) is 8.86. The largest absolute Gasteiger partial charge is 0.444 e. The van der Waals surface area contributed by atoms with Crippen LogP contribution in [0.25, 0.3) is 0 Å². The molecule has 0 aromatic heterocycles. The summed E-state index contributed by atoms with van der Waals surface area (Å²) in [6.07, 6.45) is -0.314. The van der Waals surface area contributed by atoms with E-state index in [4.69, 9.17) is 14.2 Å². The number of nitrogens with zero attached hydrogens (tertiary/aromatic N) is 2. The number of hydrogen-bond donors (Lipinski definition) is 0. The van der Waals surface area contributed by atoms with Crippen molar-refractivity contribution < 1.29 is 28.6 Å². The molecule has 1 atom stereocenters. The van der Waals surface area contributed by atoms with Crippen LogP contribution in [-0.4, -0.2) is 66.4 Å². The summed E-state index contributed by atoms with van der Waals surface area (Å²) in [4.78, 5) is 40.3. The van der Waals surface area contributed by atoms with Crippen LogP contribution in [0.3, 0.4) is 0 Å². The minimum absolute atomic E-state index is 0.106. The predicted molar refractivity (Wildman–Crippen MR) is 116 cm³/mol. The van der Waals surface area contributed by atoms with Crippen molar-refractivity contribution in [3.8, 4) is 0 Å². The third-order valence-corrected chi connectivity index (χ3v) is 4.69. The van der Waals surface area contributed by atoms with Crippen LogP contribution >= 0.6 is 0 Å². The highest BCUT2D eigenvalue weighted by molar-refractivity contribution is 5.92. The van der Waals surface area contributed by atoms with Gasteiger partial charge in [0.15, 0.2) is 0 Å². The molecular weight excluding hydrogens is 400 g/mol. The third kappa shape index (κ3) is 8.57. The van der Waals surface area contributed by atoms with Crippen molar-refractivity contribution in [2.24, 2.45) is 0 Å². The molecule has 8 heteroatoms. The lowest BCUT2D eigenvalue weighted by molar-refractivity contribution is -0.130. The zero-order valence-electron chi connectivity index (χ0n) is 19.2. The van der Waals surface area contributed by atoms with Gasteiger partial charge in [-0.1, -0.05) is 29.8 Å². The molecule has 1 fully saturated rings. The summed E-state index contributed by atoms with van der Waals surface area (Å²) >= 11 is 0. The van der Waals surface area contributed by atoms with E-state index in [2.05, 4.69) is 0 Å². The third-order valence-electron chi connectivity index (χ3n) is 4.69. The second-order valence-corrected chi connectivity index (χ2v) is 8.84. The summed E-state index contributed by atoms with van der Waals surface area (Å²) < 4.78 is 16.0. The Balaban J connectivity index is 1.96. The molecule has 3 amide bonds. The predicted octanol–water partition coefficient (Wildman–Crippen LogP) is 3.90. The molecule has 1 aliphatic rings. The topological polar surface area (TPSA) is 85.4 Å². The summed E-state index contributed by atoms with van der Waals surface area (Å²) in [5, 5.41) is 0. The summed E-state index contributed by atoms with van der Waals surface area (Å²) in [6, 6.07) is 7.65. The maximum absolute atomic E-state index is 12.9. The first kappa shape index (κ1) is 24.7. The van der Waals surface area contributed by atoms with Crippen LogP contribution in [0.15, 0.2) is 24.3 Å². The van der Waals surface area contributed by atoms with Crippen molar-refractivity contribution in [1.29, 1.82) is 0 Å². The molecule has 0 spiro atoms. The van der Waals surface area contributed by atoms with Crippen LogP contribution in [0.4, 0.5) is 9.59 Å². The Bertz CT molecular complexity index is 768. The van der Waals surface area contributed by atoms with Gasteiger partial charge in [-0.3, -0.25) is 4.79 Å². The number of benzene rings is 1. The van der Waals surface area contributed by atoms with Crippen LogP contribution in [0.2, 0.25) is 0 Å². The number of amides is 3. The van der Waals surface area contributed by atoms with E-state index in [1.807, 2.05) is 31.2 Å². The number of ether oxygens (including phenoxy) is 3. The fourth-order valence-electron chi connectivity index (χ4n) is 3.09. The standard InChI is InChI=1S/C23H34N2O6/c1-17-8-6-9-18(14-17)15-25(22(28)30-19-11-13-29-16-19)20(26)10-7-12-24(5)21(27)31-23(2,3)4/h6,8-9,14,19H,7,10-13,15-16H2,1-5H3. The van der Waals surface area contributed by atoms with E-state index in [1.54, 1.807) is 27.8 Å². The number of hydrogen-bond acceptors (Lipinski definition) is 6. The Morgan fingerprint density at radius 1 is 1.19 bits per heavy atom. The van der Waals surface area contributed by atoms with Crippen LogP contribution < -0.4 is 0 Å². The molecule has 1 heterocycles. The Hall–Kier alpha value is -2.61. The fraction of sp³-hybridized carbons (Fsp3) is 0.609. The van der Waals surface area contributed by atoms with E-state index in [-0.39, 0.29) is 25.0 Å². The van der Waals surface area contributed by atoms with Crippen molar-refractivity contribution in [2.45, 2.75) is 65.2 Å². The second-order valence-electron chi connectivity index (χ2n) is 8.84. The van der Waals surface area contributed by atoms with Gasteiger partial charge < -0.3 is 19.1 Å². The van der Waals surface area contributed by atoms with Gasteiger partial charge in [-0.05, 0) is 39.7 Å². The Morgan fingerprint density at radius 3 is 2.55 bits per heavy atom. The van der Waals surface area contributed by atoms with Crippen LogP contribution in [0.1, 0.15) is 51.2 Å². The van der Waals surface area contributed by atoms with Crippen LogP contribution in [-0.2, 0) is 25.5 Å². The van der Waals surface area contributed by atoms with Crippen molar-refractivity contribution in [3.63, 3.8) is 0 Å². The molecule has 0 saturated carbocycles. The quantitative estimate of drug-likeness (QED) is 0.647. The van der Waals surface area contributed by atoms with Crippen molar-refractivity contribution in [3.05, 3.63) is 35.4 Å². The minimum Gasteiger partial charge on any atom is -0.444 e. The van der Waals surface area contributed by atoms with E-state index in [0.717, 1.165) is 16.0 Å². The molecule has 1 aliphatic heterocycles. The number of carbonyl (C=O) groups excluding carboxylic acids is 3. The molecule has 2 rings (SSSR count). The van der Waals surface area contributed by atoms with Gasteiger partial charge in [0.05, 0.1) is 19.8 Å². The van der Waals surface area contributed by atoms with E-state index in [0.29, 0.717) is 32.6 Å². The van der Waals surface area contributed by atoms with Gasteiger partial charge in [-0.2, -0.15) is 0 Å². The van der Waals surface area contributed by atoms with E-state index in [1.165, 1.54) is 4.90 Å². The molecule has 172 valence electrons. The lowest BCUT2D eigenvalue weighted by Crippen LogP contribution is -2.39. The van der Waals surface area contributed by atoms with Gasteiger partial charge in [-0.25, -0.2) is 14.5 Å². The number of rotatable bonds is 7. The van der Waals surface area contributed by atoms with E-state index in [9.17, 15) is 14.4 Å². The molecule has 0 N–H and O–H groups in total. The average Bonchev–Trinajstić information content (AvgIpc) is 3.17. The number of imide groups is 1. The highest BCUT2D eigenvalue weighted by atomic mass is 16.6. The van der Waals surface area contributed by atoms with Crippen molar-refractivity contribution in [1.82, 2.24) is 9.80 Å². The molecule has 0 bridgehead atoms. The second kappa shape index (κ2) is 11.1. The summed E-state index contributed by atoms with van der Waals surface area (Å²) in [7, 11) is 1.62. The summed E-state index contributed by atoms with van der Waals surface area (Å²) in [5.41, 5.74) is 1.31. The average molecular weight is 435 g/mol. The first-order valence-electron chi connectivity index (χ1n) is 10.6. The SMILES string of the molecule is Cc1cccc(CN(C(=O)CCCN(C)C(=O)OC(C)(C)C)C(=O)OC2CCOC2)c1. The smallest absolute Gasteiger partial charge is 0.417 e. The summed E-state index contributed by atoms with van der Waals surface area (Å²) in [6.45, 7) is 8.71. The Morgan fingerprint density at radius 2 is 1.94 bits per heavy atom. The first-order chi connectivity index (χ1) is 14.5. The van der Waals surface area contributed by atoms with Gasteiger partial charge in [0, 0.05) is 26.4 Å². The van der Waals surface area contributed by atoms with Crippen molar-refractivity contribution >= 4 is 18.1 Å². The Labute approximate surface area is 184 Å². The number of aryl methyl sites for hydroxylation is 1. The molecule has 8 nitrogen and oxygen atoms in total. The zero-order chi connectivity index (χ0) is 23.0. The molecular formula is C23H34N2O6. The van der Waals surface area contributed by atoms with Gasteiger partial charge in [0.2, 0.25) is 5.91 Å².